The molecule has 1 unspecified atom stereocenters. The molecule has 0 saturated heterocycles. The summed E-state index contributed by atoms with van der Waals surface area (Å²) in [6.45, 7) is 0.473. The van der Waals surface area contributed by atoms with Crippen molar-refractivity contribution < 1.29 is 14.3 Å². The van der Waals surface area contributed by atoms with Crippen LogP contribution in [-0.2, 0) is 11.3 Å². The van der Waals surface area contributed by atoms with Gasteiger partial charge in [-0.25, -0.2) is 4.98 Å². The second kappa shape index (κ2) is 7.28. The molecular weight excluding hydrogens is 370 g/mol. The quantitative estimate of drug-likeness (QED) is 0.742. The predicted molar refractivity (Wildman–Crippen MR) is 100 cm³/mol. The first kappa shape index (κ1) is 17.4. The van der Waals surface area contributed by atoms with E-state index in [4.69, 9.17) is 21.1 Å². The predicted octanol–water partition coefficient (Wildman–Crippen LogP) is 2.01. The average Bonchev–Trinajstić information content (AvgIpc) is 2.69. The second-order valence-corrected chi connectivity index (χ2v) is 6.58. The van der Waals surface area contributed by atoms with E-state index >= 15 is 0 Å². The lowest BCUT2D eigenvalue weighted by Crippen LogP contribution is -2.42. The van der Waals surface area contributed by atoms with E-state index in [2.05, 4.69) is 10.3 Å². The van der Waals surface area contributed by atoms with Crippen LogP contribution in [0.3, 0.4) is 0 Å². The van der Waals surface area contributed by atoms with Crippen molar-refractivity contribution in [3.63, 3.8) is 0 Å². The molecule has 0 fully saturated rings. The molecule has 0 radical (unpaired) electrons. The maximum atomic E-state index is 12.5. The normalized spacial score (nSPS) is 15.5. The number of hydrogen-bond donors (Lipinski definition) is 1. The zero-order chi connectivity index (χ0) is 18.8. The van der Waals surface area contributed by atoms with Gasteiger partial charge in [0.2, 0.25) is 5.91 Å². The zero-order valence-electron chi connectivity index (χ0n) is 14.2. The SMILES string of the molecule is O=C(Cn1cnc2ccc(Cl)cc2c1=O)NCC1COc2ccccc2O1. The lowest BCUT2D eigenvalue weighted by atomic mass is 10.2. The monoisotopic (exact) mass is 385 g/mol. The minimum atomic E-state index is -0.317. The molecule has 2 aromatic carbocycles. The van der Waals surface area contributed by atoms with E-state index in [0.29, 0.717) is 34.0 Å². The standard InChI is InChI=1S/C19H16ClN3O4/c20-12-5-6-15-14(7-12)19(25)23(11-22-15)9-18(24)21-8-13-10-26-16-3-1-2-4-17(16)27-13/h1-7,11,13H,8-10H2,(H,21,24). The first-order valence-electron chi connectivity index (χ1n) is 8.40. The Labute approximate surface area is 159 Å². The molecule has 8 heteroatoms. The van der Waals surface area contributed by atoms with E-state index in [-0.39, 0.29) is 30.7 Å². The van der Waals surface area contributed by atoms with Gasteiger partial charge in [-0.3, -0.25) is 14.2 Å². The van der Waals surface area contributed by atoms with Crippen molar-refractivity contribution in [2.75, 3.05) is 13.2 Å². The maximum absolute atomic E-state index is 12.5. The van der Waals surface area contributed by atoms with E-state index < -0.39 is 0 Å². The van der Waals surface area contributed by atoms with Gasteiger partial charge in [0.05, 0.1) is 23.8 Å². The lowest BCUT2D eigenvalue weighted by Gasteiger charge is -2.26. The van der Waals surface area contributed by atoms with E-state index in [9.17, 15) is 9.59 Å². The molecule has 0 aliphatic carbocycles. The highest BCUT2D eigenvalue weighted by Crippen LogP contribution is 2.30. The van der Waals surface area contributed by atoms with Crippen LogP contribution in [0.4, 0.5) is 0 Å². The molecule has 1 aliphatic rings. The van der Waals surface area contributed by atoms with Crippen LogP contribution in [0.1, 0.15) is 0 Å². The molecule has 1 aromatic heterocycles. The highest BCUT2D eigenvalue weighted by atomic mass is 35.5. The molecule has 7 nitrogen and oxygen atoms in total. The van der Waals surface area contributed by atoms with Crippen molar-refractivity contribution in [1.82, 2.24) is 14.9 Å². The summed E-state index contributed by atoms with van der Waals surface area (Å²) in [5.74, 6) is 1.02. The number of aromatic nitrogens is 2. The maximum Gasteiger partial charge on any atom is 0.261 e. The van der Waals surface area contributed by atoms with E-state index in [1.807, 2.05) is 24.3 Å². The van der Waals surface area contributed by atoms with Gasteiger partial charge in [-0.1, -0.05) is 23.7 Å². The summed E-state index contributed by atoms with van der Waals surface area (Å²) in [4.78, 5) is 28.9. The third-order valence-electron chi connectivity index (χ3n) is 4.19. The number of fused-ring (bicyclic) bond motifs is 2. The number of halogens is 1. The van der Waals surface area contributed by atoms with Crippen molar-refractivity contribution in [2.24, 2.45) is 0 Å². The number of amides is 1. The summed E-state index contributed by atoms with van der Waals surface area (Å²) in [6.07, 6.45) is 1.06. The van der Waals surface area contributed by atoms with Crippen LogP contribution in [0.25, 0.3) is 10.9 Å². The zero-order valence-corrected chi connectivity index (χ0v) is 15.0. The molecule has 1 atom stereocenters. The summed E-state index contributed by atoms with van der Waals surface area (Å²) < 4.78 is 12.7. The van der Waals surface area contributed by atoms with Crippen LogP contribution in [0.15, 0.2) is 53.6 Å². The number of nitrogens with one attached hydrogen (secondary N) is 1. The van der Waals surface area contributed by atoms with Crippen LogP contribution in [0.2, 0.25) is 5.02 Å². The number of rotatable bonds is 4. The van der Waals surface area contributed by atoms with Crippen LogP contribution < -0.4 is 20.3 Å². The number of benzene rings is 2. The number of hydrogen-bond acceptors (Lipinski definition) is 5. The highest BCUT2D eigenvalue weighted by molar-refractivity contribution is 6.31. The van der Waals surface area contributed by atoms with Crippen molar-refractivity contribution in [2.45, 2.75) is 12.6 Å². The molecular formula is C19H16ClN3O4. The third-order valence-corrected chi connectivity index (χ3v) is 4.43. The Bertz CT molecular complexity index is 1070. The Morgan fingerprint density at radius 1 is 1.26 bits per heavy atom. The van der Waals surface area contributed by atoms with Crippen molar-refractivity contribution in [3.8, 4) is 11.5 Å². The summed E-state index contributed by atoms with van der Waals surface area (Å²) in [5.41, 5.74) is 0.219. The molecule has 1 aliphatic heterocycles. The minimum absolute atomic E-state index is 0.140. The molecule has 4 rings (SSSR count). The molecule has 0 bridgehead atoms. The first-order chi connectivity index (χ1) is 13.1. The molecule has 1 amide bonds. The summed E-state index contributed by atoms with van der Waals surface area (Å²) in [5, 5.41) is 3.58. The lowest BCUT2D eigenvalue weighted by molar-refractivity contribution is -0.122. The Morgan fingerprint density at radius 3 is 2.93 bits per heavy atom. The Hall–Kier alpha value is -3.06. The van der Waals surface area contributed by atoms with Gasteiger partial charge in [-0.2, -0.15) is 0 Å². The number of carbonyl (C=O) groups excluding carboxylic acids is 1. The van der Waals surface area contributed by atoms with Crippen LogP contribution >= 0.6 is 11.6 Å². The van der Waals surface area contributed by atoms with Gasteiger partial charge in [0.1, 0.15) is 19.3 Å². The van der Waals surface area contributed by atoms with Gasteiger partial charge in [0.25, 0.3) is 5.56 Å². The van der Waals surface area contributed by atoms with Gasteiger partial charge >= 0.3 is 0 Å². The van der Waals surface area contributed by atoms with Crippen LogP contribution in [-0.4, -0.2) is 34.7 Å². The molecule has 2 heterocycles. The molecule has 0 spiro atoms. The van der Waals surface area contributed by atoms with E-state index in [0.717, 1.165) is 0 Å². The minimum Gasteiger partial charge on any atom is -0.486 e. The number of ether oxygens (including phenoxy) is 2. The van der Waals surface area contributed by atoms with E-state index in [1.54, 1.807) is 18.2 Å². The van der Waals surface area contributed by atoms with Gasteiger partial charge in [0.15, 0.2) is 11.5 Å². The highest BCUT2D eigenvalue weighted by Gasteiger charge is 2.21. The van der Waals surface area contributed by atoms with Crippen LogP contribution in [0.5, 0.6) is 11.5 Å². The van der Waals surface area contributed by atoms with Crippen molar-refractivity contribution in [1.29, 1.82) is 0 Å². The molecule has 138 valence electrons. The average molecular weight is 386 g/mol. The molecule has 3 aromatic rings. The number of para-hydroxylation sites is 2. The Kier molecular flexibility index (Phi) is 4.68. The fraction of sp³-hybridized carbons (Fsp3) is 0.211. The van der Waals surface area contributed by atoms with Gasteiger partial charge < -0.3 is 14.8 Å². The van der Waals surface area contributed by atoms with Gasteiger partial charge in [-0.15, -0.1) is 0 Å². The van der Waals surface area contributed by atoms with Crippen molar-refractivity contribution >= 4 is 28.4 Å². The first-order valence-corrected chi connectivity index (χ1v) is 8.78. The molecule has 27 heavy (non-hydrogen) atoms. The summed E-state index contributed by atoms with van der Waals surface area (Å²) >= 11 is 5.94. The molecule has 1 N–H and O–H groups in total. The van der Waals surface area contributed by atoms with Crippen LogP contribution in [0, 0.1) is 0 Å². The van der Waals surface area contributed by atoms with E-state index in [1.165, 1.54) is 10.9 Å². The largest absolute Gasteiger partial charge is 0.486 e. The Morgan fingerprint density at radius 2 is 2.07 bits per heavy atom. The third kappa shape index (κ3) is 3.73. The number of nitrogens with zero attached hydrogens (tertiary/aromatic N) is 2. The number of carbonyl (C=O) groups is 1. The fourth-order valence-corrected chi connectivity index (χ4v) is 3.02. The summed E-state index contributed by atoms with van der Waals surface area (Å²) in [6, 6.07) is 12.2. The van der Waals surface area contributed by atoms with Gasteiger partial charge in [-0.05, 0) is 30.3 Å². The van der Waals surface area contributed by atoms with Gasteiger partial charge in [0, 0.05) is 5.02 Å². The second-order valence-electron chi connectivity index (χ2n) is 6.14. The fourth-order valence-electron chi connectivity index (χ4n) is 2.85. The summed E-state index contributed by atoms with van der Waals surface area (Å²) in [7, 11) is 0. The smallest absolute Gasteiger partial charge is 0.261 e. The topological polar surface area (TPSA) is 82.5 Å². The van der Waals surface area contributed by atoms with Crippen molar-refractivity contribution in [3.05, 3.63) is 64.2 Å². The Balaban J connectivity index is 1.39. The molecule has 0 saturated carbocycles.